The molecule has 1 aliphatic heterocycles. The van der Waals surface area contributed by atoms with E-state index in [2.05, 4.69) is 9.97 Å². The second kappa shape index (κ2) is 5.96. The van der Waals surface area contributed by atoms with Gasteiger partial charge in [-0.25, -0.2) is 9.97 Å². The number of halogens is 1. The van der Waals surface area contributed by atoms with Crippen molar-refractivity contribution in [2.45, 2.75) is 24.5 Å². The summed E-state index contributed by atoms with van der Waals surface area (Å²) >= 11 is 0. The van der Waals surface area contributed by atoms with Crippen LogP contribution in [0.15, 0.2) is 12.7 Å². The average molecular weight is 412 g/mol. The van der Waals surface area contributed by atoms with Crippen molar-refractivity contribution in [2.24, 2.45) is 6.98 Å². The highest BCUT2D eigenvalue weighted by atomic mass is 127. The lowest BCUT2D eigenvalue weighted by Crippen LogP contribution is -2.33. The van der Waals surface area contributed by atoms with Crippen LogP contribution in [0.3, 0.4) is 0 Å². The number of hydrogen-bond acceptors (Lipinski definition) is 7. The van der Waals surface area contributed by atoms with Crippen LogP contribution in [0.4, 0.5) is 0 Å². The number of imidazole rings is 1. The van der Waals surface area contributed by atoms with Crippen molar-refractivity contribution in [2.75, 3.05) is 6.61 Å². The minimum atomic E-state index is -2.57. The third-order valence-corrected chi connectivity index (χ3v) is 3.32. The topological polar surface area (TPSA) is 129 Å². The molecule has 0 aliphatic carbocycles. The Morgan fingerprint density at radius 2 is 2.14 bits per heavy atom. The van der Waals surface area contributed by atoms with Gasteiger partial charge in [0.15, 0.2) is 17.4 Å². The minimum absolute atomic E-state index is 0. The van der Waals surface area contributed by atoms with Gasteiger partial charge in [-0.05, 0) is 0 Å². The van der Waals surface area contributed by atoms with Crippen LogP contribution >= 0.6 is 24.0 Å². The van der Waals surface area contributed by atoms with Crippen LogP contribution in [0.1, 0.15) is 10.3 Å². The van der Waals surface area contributed by atoms with E-state index in [0.29, 0.717) is 4.57 Å². The number of aliphatic hydroxyl groups is 3. The molecule has 1 saturated heterocycles. The number of ether oxygens (including phenoxy) is 1. The summed E-state index contributed by atoms with van der Waals surface area (Å²) in [6.45, 7) is -3.04. The Bertz CT molecular complexity index is 794. The van der Waals surface area contributed by atoms with Gasteiger partial charge in [0, 0.05) is 11.1 Å². The van der Waals surface area contributed by atoms with Crippen LogP contribution < -0.4 is 5.49 Å². The number of aryl methyl sites for hydroxylation is 1. The smallest absolute Gasteiger partial charge is 0.167 e. The van der Waals surface area contributed by atoms with E-state index in [1.165, 1.54) is 10.9 Å². The van der Waals surface area contributed by atoms with Gasteiger partial charge in [-0.2, -0.15) is 0 Å². The van der Waals surface area contributed by atoms with E-state index in [4.69, 9.17) is 19.4 Å². The average Bonchev–Trinajstić information content (AvgIpc) is 3.01. The van der Waals surface area contributed by atoms with Gasteiger partial charge < -0.3 is 24.6 Å². The van der Waals surface area contributed by atoms with Crippen LogP contribution in [0, 0.1) is 5.41 Å². The van der Waals surface area contributed by atoms with Gasteiger partial charge in [0.2, 0.25) is 0 Å². The van der Waals surface area contributed by atoms with Crippen molar-refractivity contribution in [1.82, 2.24) is 19.1 Å². The Morgan fingerprint density at radius 1 is 1.38 bits per heavy atom. The quantitative estimate of drug-likeness (QED) is 0.444. The number of aliphatic hydroxyl groups excluding tert-OH is 3. The third-order valence-electron chi connectivity index (χ3n) is 3.32. The Kier molecular flexibility index (Phi) is 3.54. The first-order valence-electron chi connectivity index (χ1n) is 7.37. The van der Waals surface area contributed by atoms with E-state index in [1.807, 2.05) is 0 Å². The minimum Gasteiger partial charge on any atom is -0.394 e. The molecule has 2 aromatic rings. The van der Waals surface area contributed by atoms with E-state index < -0.39 is 38.1 Å². The molecule has 4 atom stereocenters. The van der Waals surface area contributed by atoms with Gasteiger partial charge >= 0.3 is 0 Å². The molecule has 0 amide bonds. The first kappa shape index (κ1) is 12.5. The Labute approximate surface area is 140 Å². The third kappa shape index (κ3) is 2.46. The summed E-state index contributed by atoms with van der Waals surface area (Å²) in [5, 5.41) is 36.9. The molecule has 116 valence electrons. The van der Waals surface area contributed by atoms with Crippen molar-refractivity contribution in [3.63, 3.8) is 0 Å². The summed E-state index contributed by atoms with van der Waals surface area (Å²) in [7, 11) is 0. The molecule has 0 bridgehead atoms. The monoisotopic (exact) mass is 412 g/mol. The number of nitrogens with one attached hydrogen (secondary N) is 1. The van der Waals surface area contributed by atoms with Crippen LogP contribution in [0.25, 0.3) is 11.2 Å². The zero-order valence-electron chi connectivity index (χ0n) is 13.6. The Morgan fingerprint density at radius 3 is 2.76 bits per heavy atom. The highest BCUT2D eigenvalue weighted by molar-refractivity contribution is 14.0. The predicted molar refractivity (Wildman–Crippen MR) is 80.8 cm³/mol. The van der Waals surface area contributed by atoms with E-state index >= 15 is 0 Å². The maximum atomic E-state index is 10.0. The lowest BCUT2D eigenvalue weighted by molar-refractivity contribution is -0.0511. The van der Waals surface area contributed by atoms with Crippen LogP contribution in [0.5, 0.6) is 0 Å². The Hall–Kier alpha value is -1.08. The lowest BCUT2D eigenvalue weighted by atomic mass is 10.1. The molecular formula is C11H16IN5O4. The number of aromatic nitrogens is 4. The molecule has 3 rings (SSSR count). The SMILES string of the molecule is I.[2H]C([2H])([2H])n1cnc2c(ncn2[C@@H]2O[C@H](CO)C(O)[C@@H]2O)c1=N. The van der Waals surface area contributed by atoms with Gasteiger partial charge in [0.05, 0.1) is 19.3 Å². The molecular weight excluding hydrogens is 393 g/mol. The van der Waals surface area contributed by atoms with E-state index in [9.17, 15) is 10.2 Å². The van der Waals surface area contributed by atoms with Crippen molar-refractivity contribution >= 4 is 35.1 Å². The van der Waals surface area contributed by atoms with Crippen molar-refractivity contribution in [3.8, 4) is 0 Å². The standard InChI is InChI=1S/C11H15N5O4.HI/c1-15-3-14-10-6(9(15)12)13-4-16(10)11-8(19)7(18)5(2-17)20-11;/h3-5,7-8,11-12,17-19H,2H2,1H3;1H/t5-,7?,8+,11-;/m1./s1/i1D3;. The van der Waals surface area contributed by atoms with E-state index in [-0.39, 0.29) is 40.6 Å². The summed E-state index contributed by atoms with van der Waals surface area (Å²) in [6, 6.07) is 0. The summed E-state index contributed by atoms with van der Waals surface area (Å²) in [5.41, 5.74) is -0.216. The highest BCUT2D eigenvalue weighted by Gasteiger charge is 2.43. The fourth-order valence-corrected chi connectivity index (χ4v) is 2.23. The summed E-state index contributed by atoms with van der Waals surface area (Å²) < 4.78 is 29.4. The molecule has 9 nitrogen and oxygen atoms in total. The van der Waals surface area contributed by atoms with Crippen LogP contribution in [0.2, 0.25) is 0 Å². The van der Waals surface area contributed by atoms with Crippen LogP contribution in [-0.4, -0.2) is 59.3 Å². The molecule has 1 aliphatic rings. The highest BCUT2D eigenvalue weighted by Crippen LogP contribution is 2.30. The number of nitrogens with zero attached hydrogens (tertiary/aromatic N) is 4. The number of rotatable bonds is 2. The predicted octanol–water partition coefficient (Wildman–Crippen LogP) is -1.52. The molecule has 0 radical (unpaired) electrons. The van der Waals surface area contributed by atoms with E-state index in [1.54, 1.807) is 0 Å². The molecule has 4 N–H and O–H groups in total. The van der Waals surface area contributed by atoms with Crippen molar-refractivity contribution in [1.29, 1.82) is 5.41 Å². The Balaban J connectivity index is 0.00000208. The zero-order valence-corrected chi connectivity index (χ0v) is 12.9. The molecule has 0 spiro atoms. The number of hydrogen-bond donors (Lipinski definition) is 4. The first-order valence-corrected chi connectivity index (χ1v) is 5.87. The normalized spacial score (nSPS) is 31.5. The molecule has 21 heavy (non-hydrogen) atoms. The van der Waals surface area contributed by atoms with Gasteiger partial charge in [-0.15, -0.1) is 24.0 Å². The first-order chi connectivity index (χ1) is 10.8. The maximum Gasteiger partial charge on any atom is 0.167 e. The van der Waals surface area contributed by atoms with Gasteiger partial charge in [-0.3, -0.25) is 9.98 Å². The fourth-order valence-electron chi connectivity index (χ4n) is 2.23. The molecule has 0 aromatic carbocycles. The molecule has 2 aromatic heterocycles. The largest absolute Gasteiger partial charge is 0.394 e. The fraction of sp³-hybridized carbons (Fsp3) is 0.545. The maximum absolute atomic E-state index is 10.0. The molecule has 0 saturated carbocycles. The molecule has 1 fully saturated rings. The second-order valence-corrected chi connectivity index (χ2v) is 4.52. The van der Waals surface area contributed by atoms with E-state index in [0.717, 1.165) is 6.33 Å². The van der Waals surface area contributed by atoms with Gasteiger partial charge in [0.1, 0.15) is 23.8 Å². The van der Waals surface area contributed by atoms with Crippen molar-refractivity contribution < 1.29 is 24.2 Å². The molecule has 10 heteroatoms. The van der Waals surface area contributed by atoms with Crippen molar-refractivity contribution in [3.05, 3.63) is 18.1 Å². The summed E-state index contributed by atoms with van der Waals surface area (Å²) in [6.07, 6.45) is -2.40. The molecule has 3 heterocycles. The second-order valence-electron chi connectivity index (χ2n) is 4.52. The van der Waals surface area contributed by atoms with Gasteiger partial charge in [-0.1, -0.05) is 0 Å². The molecule has 1 unspecified atom stereocenters. The number of fused-ring (bicyclic) bond motifs is 1. The summed E-state index contributed by atoms with van der Waals surface area (Å²) in [4.78, 5) is 7.93. The van der Waals surface area contributed by atoms with Gasteiger partial charge in [0.25, 0.3) is 0 Å². The summed E-state index contributed by atoms with van der Waals surface area (Å²) in [5.74, 6) is 0. The lowest BCUT2D eigenvalue weighted by Gasteiger charge is -2.16. The zero-order chi connectivity index (χ0) is 16.9. The van der Waals surface area contributed by atoms with Crippen LogP contribution in [-0.2, 0) is 11.7 Å².